The molecule has 184 valence electrons. The van der Waals surface area contributed by atoms with Crippen molar-refractivity contribution in [1.29, 1.82) is 0 Å². The summed E-state index contributed by atoms with van der Waals surface area (Å²) in [7, 11) is -3.44. The molecule has 2 aromatic rings. The lowest BCUT2D eigenvalue weighted by Gasteiger charge is -2.31. The van der Waals surface area contributed by atoms with Gasteiger partial charge in [-0.05, 0) is 62.3 Å². The summed E-state index contributed by atoms with van der Waals surface area (Å²) in [6.07, 6.45) is 10.5. The summed E-state index contributed by atoms with van der Waals surface area (Å²) in [4.78, 5) is 19.6. The van der Waals surface area contributed by atoms with Gasteiger partial charge in [-0.2, -0.15) is 9.29 Å². The number of carbonyl (C=O) groups excluding carboxylic acids is 1. The zero-order valence-electron chi connectivity index (χ0n) is 19.7. The molecule has 1 aliphatic carbocycles. The van der Waals surface area contributed by atoms with E-state index in [9.17, 15) is 13.2 Å². The van der Waals surface area contributed by atoms with Crippen LogP contribution in [0.25, 0.3) is 11.4 Å². The molecule has 1 atom stereocenters. The first-order valence-electron chi connectivity index (χ1n) is 12.7. The fourth-order valence-electron chi connectivity index (χ4n) is 5.56. The quantitative estimate of drug-likeness (QED) is 0.582. The molecule has 2 saturated heterocycles. The minimum absolute atomic E-state index is 0.0419. The van der Waals surface area contributed by atoms with Crippen molar-refractivity contribution in [2.24, 2.45) is 5.92 Å². The van der Waals surface area contributed by atoms with E-state index >= 15 is 0 Å². The van der Waals surface area contributed by atoms with Crippen molar-refractivity contribution in [1.82, 2.24) is 19.3 Å². The summed E-state index contributed by atoms with van der Waals surface area (Å²) in [5.74, 6) is 2.01. The zero-order valence-corrected chi connectivity index (χ0v) is 20.5. The summed E-state index contributed by atoms with van der Waals surface area (Å²) < 4.78 is 32.6. The van der Waals surface area contributed by atoms with Gasteiger partial charge in [0.15, 0.2) is 0 Å². The average Bonchev–Trinajstić information content (AvgIpc) is 3.65. The highest BCUT2D eigenvalue weighted by atomic mass is 32.2. The largest absolute Gasteiger partial charge is 0.342 e. The second-order valence-corrected chi connectivity index (χ2v) is 11.9. The maximum atomic E-state index is 12.8. The van der Waals surface area contributed by atoms with Gasteiger partial charge in [0.25, 0.3) is 0 Å². The second kappa shape index (κ2) is 10.2. The molecule has 3 fully saturated rings. The SMILES string of the molecule is O=C(CCC1CCCC1)N1CCC[C@@H](c2nc(-c3ccc(S(=O)(=O)N4CCCC4)cc3)no2)C1. The van der Waals surface area contributed by atoms with E-state index in [1.807, 2.05) is 4.90 Å². The van der Waals surface area contributed by atoms with Crippen molar-refractivity contribution in [2.45, 2.75) is 75.0 Å². The van der Waals surface area contributed by atoms with Crippen LogP contribution >= 0.6 is 0 Å². The number of rotatable bonds is 7. The third kappa shape index (κ3) is 5.05. The molecule has 2 aliphatic heterocycles. The molecular formula is C25H34N4O4S. The molecule has 3 heterocycles. The van der Waals surface area contributed by atoms with Gasteiger partial charge in [0.2, 0.25) is 27.6 Å². The van der Waals surface area contributed by atoms with Crippen LogP contribution in [-0.2, 0) is 14.8 Å². The molecule has 34 heavy (non-hydrogen) atoms. The minimum Gasteiger partial charge on any atom is -0.342 e. The Bertz CT molecular complexity index is 1090. The lowest BCUT2D eigenvalue weighted by molar-refractivity contribution is -0.132. The van der Waals surface area contributed by atoms with Crippen LogP contribution in [0, 0.1) is 5.92 Å². The maximum Gasteiger partial charge on any atom is 0.243 e. The van der Waals surface area contributed by atoms with Crippen LogP contribution in [0.3, 0.4) is 0 Å². The predicted molar refractivity (Wildman–Crippen MR) is 127 cm³/mol. The van der Waals surface area contributed by atoms with E-state index in [0.29, 0.717) is 42.7 Å². The summed E-state index contributed by atoms with van der Waals surface area (Å²) in [5.41, 5.74) is 0.718. The summed E-state index contributed by atoms with van der Waals surface area (Å²) in [6.45, 7) is 2.59. The van der Waals surface area contributed by atoms with Crippen LogP contribution in [0.1, 0.15) is 76.0 Å². The van der Waals surface area contributed by atoms with Gasteiger partial charge in [-0.25, -0.2) is 8.42 Å². The van der Waals surface area contributed by atoms with Gasteiger partial charge in [-0.1, -0.05) is 30.8 Å². The highest BCUT2D eigenvalue weighted by molar-refractivity contribution is 7.89. The predicted octanol–water partition coefficient (Wildman–Crippen LogP) is 4.20. The topological polar surface area (TPSA) is 96.6 Å². The van der Waals surface area contributed by atoms with Crippen LogP contribution in [0.5, 0.6) is 0 Å². The van der Waals surface area contributed by atoms with Crippen LogP contribution < -0.4 is 0 Å². The molecule has 0 unspecified atom stereocenters. The molecule has 1 saturated carbocycles. The number of hydrogen-bond donors (Lipinski definition) is 0. The first-order valence-corrected chi connectivity index (χ1v) is 14.2. The van der Waals surface area contributed by atoms with Gasteiger partial charge < -0.3 is 9.42 Å². The second-order valence-electron chi connectivity index (χ2n) is 9.96. The van der Waals surface area contributed by atoms with Gasteiger partial charge in [0, 0.05) is 38.2 Å². The first-order chi connectivity index (χ1) is 16.5. The normalized spacial score (nSPS) is 22.5. The van der Waals surface area contributed by atoms with Gasteiger partial charge in [0.05, 0.1) is 10.8 Å². The third-order valence-corrected chi connectivity index (χ3v) is 9.53. The van der Waals surface area contributed by atoms with E-state index in [4.69, 9.17) is 4.52 Å². The van der Waals surface area contributed by atoms with Gasteiger partial charge in [-0.15, -0.1) is 0 Å². The standard InChI is InChI=1S/C25H34N4O4S/c30-23(14-9-19-6-1-2-7-19)28-15-5-8-21(18-28)25-26-24(27-33-25)20-10-12-22(13-11-20)34(31,32)29-16-3-4-17-29/h10-13,19,21H,1-9,14-18H2/t21-/m1/s1. The molecule has 3 aliphatic rings. The average molecular weight is 487 g/mol. The van der Waals surface area contributed by atoms with Crippen LogP contribution in [-0.4, -0.2) is 59.8 Å². The van der Waals surface area contributed by atoms with Crippen molar-refractivity contribution >= 4 is 15.9 Å². The fourth-order valence-corrected chi connectivity index (χ4v) is 7.08. The first kappa shape index (κ1) is 23.5. The van der Waals surface area contributed by atoms with Crippen molar-refractivity contribution in [3.05, 3.63) is 30.2 Å². The Kier molecular flexibility index (Phi) is 7.01. The molecule has 0 radical (unpaired) electrons. The van der Waals surface area contributed by atoms with Crippen molar-refractivity contribution in [2.75, 3.05) is 26.2 Å². The minimum atomic E-state index is -3.44. The highest BCUT2D eigenvalue weighted by Gasteiger charge is 2.30. The van der Waals surface area contributed by atoms with Gasteiger partial charge in [-0.3, -0.25) is 4.79 Å². The molecule has 9 heteroatoms. The van der Waals surface area contributed by atoms with Crippen molar-refractivity contribution < 1.29 is 17.7 Å². The molecule has 1 amide bonds. The van der Waals surface area contributed by atoms with E-state index in [2.05, 4.69) is 10.1 Å². The van der Waals surface area contributed by atoms with E-state index in [1.54, 1.807) is 28.6 Å². The molecule has 1 aromatic heterocycles. The molecular weight excluding hydrogens is 452 g/mol. The fraction of sp³-hybridized carbons (Fsp3) is 0.640. The number of likely N-dealkylation sites (tertiary alicyclic amines) is 1. The zero-order chi connectivity index (χ0) is 23.5. The Labute approximate surface area is 201 Å². The number of aromatic nitrogens is 2. The maximum absolute atomic E-state index is 12.8. The number of nitrogens with zero attached hydrogens (tertiary/aromatic N) is 4. The van der Waals surface area contributed by atoms with Crippen molar-refractivity contribution in [3.8, 4) is 11.4 Å². The number of piperidine rings is 1. The Balaban J connectivity index is 1.21. The Hall–Kier alpha value is -2.26. The Morgan fingerprint density at radius 3 is 2.44 bits per heavy atom. The van der Waals surface area contributed by atoms with E-state index < -0.39 is 10.0 Å². The van der Waals surface area contributed by atoms with Gasteiger partial charge >= 0.3 is 0 Å². The van der Waals surface area contributed by atoms with Crippen LogP contribution in [0.2, 0.25) is 0 Å². The smallest absolute Gasteiger partial charge is 0.243 e. The lowest BCUT2D eigenvalue weighted by Crippen LogP contribution is -2.39. The van der Waals surface area contributed by atoms with Crippen LogP contribution in [0.15, 0.2) is 33.7 Å². The summed E-state index contributed by atoms with van der Waals surface area (Å²) in [6, 6.07) is 6.70. The monoisotopic (exact) mass is 486 g/mol. The summed E-state index contributed by atoms with van der Waals surface area (Å²) >= 11 is 0. The van der Waals surface area contributed by atoms with E-state index in [-0.39, 0.29) is 11.8 Å². The van der Waals surface area contributed by atoms with E-state index in [0.717, 1.165) is 50.1 Å². The molecule has 0 bridgehead atoms. The number of sulfonamides is 1. The molecule has 1 aromatic carbocycles. The summed E-state index contributed by atoms with van der Waals surface area (Å²) in [5, 5.41) is 4.14. The van der Waals surface area contributed by atoms with Crippen molar-refractivity contribution in [3.63, 3.8) is 0 Å². The molecule has 0 N–H and O–H groups in total. The van der Waals surface area contributed by atoms with Crippen LogP contribution in [0.4, 0.5) is 0 Å². The number of carbonyl (C=O) groups is 1. The number of amides is 1. The molecule has 5 rings (SSSR count). The third-order valence-electron chi connectivity index (χ3n) is 7.62. The van der Waals surface area contributed by atoms with Gasteiger partial charge in [0.1, 0.15) is 0 Å². The Morgan fingerprint density at radius 2 is 1.71 bits per heavy atom. The Morgan fingerprint density at radius 1 is 0.971 bits per heavy atom. The highest BCUT2D eigenvalue weighted by Crippen LogP contribution is 2.31. The van der Waals surface area contributed by atoms with E-state index in [1.165, 1.54) is 25.7 Å². The lowest BCUT2D eigenvalue weighted by atomic mass is 9.96. The number of hydrogen-bond acceptors (Lipinski definition) is 6. The molecule has 0 spiro atoms. The number of benzene rings is 1. The molecule has 8 nitrogen and oxygen atoms in total.